The van der Waals surface area contributed by atoms with E-state index in [1.807, 2.05) is 44.2 Å². The predicted octanol–water partition coefficient (Wildman–Crippen LogP) is 7.53. The van der Waals surface area contributed by atoms with Gasteiger partial charge in [0.05, 0.1) is 10.7 Å². The number of carbonyl (C=O) groups excluding carboxylic acids is 1. The van der Waals surface area contributed by atoms with Crippen LogP contribution in [0.4, 0.5) is 5.69 Å². The van der Waals surface area contributed by atoms with Gasteiger partial charge < -0.3 is 9.73 Å². The molecule has 0 unspecified atom stereocenters. The van der Waals surface area contributed by atoms with Gasteiger partial charge in [0.15, 0.2) is 5.58 Å². The summed E-state index contributed by atoms with van der Waals surface area (Å²) in [6, 6.07) is 17.1. The number of carbonyl (C=O) groups is 1. The summed E-state index contributed by atoms with van der Waals surface area (Å²) in [6.07, 6.45) is 1.07. The number of aromatic nitrogens is 1. The van der Waals surface area contributed by atoms with E-state index in [-0.39, 0.29) is 5.91 Å². The smallest absolute Gasteiger partial charge is 0.255 e. The maximum atomic E-state index is 12.7. The molecule has 0 spiro atoms. The third kappa shape index (κ3) is 4.35. The highest BCUT2D eigenvalue weighted by molar-refractivity contribution is 6.34. The maximum absolute atomic E-state index is 12.7. The predicted molar refractivity (Wildman–Crippen MR) is 127 cm³/mol. The van der Waals surface area contributed by atoms with E-state index in [1.54, 1.807) is 12.1 Å². The zero-order valence-electron chi connectivity index (χ0n) is 18.1. The van der Waals surface area contributed by atoms with Crippen molar-refractivity contribution in [2.24, 2.45) is 0 Å². The summed E-state index contributed by atoms with van der Waals surface area (Å²) in [5.41, 5.74) is 6.86. The summed E-state index contributed by atoms with van der Waals surface area (Å²) in [4.78, 5) is 17.4. The molecule has 1 heterocycles. The molecule has 1 amide bonds. The number of benzene rings is 3. The van der Waals surface area contributed by atoms with E-state index in [2.05, 4.69) is 36.3 Å². The van der Waals surface area contributed by atoms with E-state index < -0.39 is 0 Å². The average Bonchev–Trinajstić information content (AvgIpc) is 3.19. The fraction of sp³-hybridized carbons (Fsp3) is 0.231. The highest BCUT2D eigenvalue weighted by atomic mass is 35.5. The summed E-state index contributed by atoms with van der Waals surface area (Å²) in [6.45, 7) is 8.37. The highest BCUT2D eigenvalue weighted by Gasteiger charge is 2.14. The Bertz CT molecular complexity index is 1280. The van der Waals surface area contributed by atoms with Crippen LogP contribution in [0.2, 0.25) is 5.02 Å². The highest BCUT2D eigenvalue weighted by Crippen LogP contribution is 2.32. The van der Waals surface area contributed by atoms with Gasteiger partial charge in [-0.15, -0.1) is 0 Å². The Morgan fingerprint density at radius 2 is 1.87 bits per heavy atom. The summed E-state index contributed by atoms with van der Waals surface area (Å²) < 4.78 is 5.97. The second-order valence-electron chi connectivity index (χ2n) is 8.00. The quantitative estimate of drug-likeness (QED) is 0.354. The molecule has 0 radical (unpaired) electrons. The number of nitrogens with zero attached hydrogens (tertiary/aromatic N) is 1. The van der Waals surface area contributed by atoms with E-state index in [9.17, 15) is 4.79 Å². The Morgan fingerprint density at radius 1 is 1.06 bits per heavy atom. The van der Waals surface area contributed by atoms with Crippen molar-refractivity contribution in [2.75, 3.05) is 5.32 Å². The lowest BCUT2D eigenvalue weighted by Crippen LogP contribution is -2.12. The molecule has 4 nitrogen and oxygen atoms in total. The van der Waals surface area contributed by atoms with E-state index >= 15 is 0 Å². The molecule has 0 fully saturated rings. The van der Waals surface area contributed by atoms with Crippen molar-refractivity contribution in [3.05, 3.63) is 81.9 Å². The third-order valence-corrected chi connectivity index (χ3v) is 6.15. The molecule has 0 saturated heterocycles. The van der Waals surface area contributed by atoms with Gasteiger partial charge in [-0.1, -0.05) is 37.6 Å². The topological polar surface area (TPSA) is 55.1 Å². The number of fused-ring (bicyclic) bond motifs is 1. The minimum atomic E-state index is -0.210. The molecule has 1 aromatic heterocycles. The van der Waals surface area contributed by atoms with Gasteiger partial charge in [-0.05, 0) is 85.3 Å². The molecule has 4 rings (SSSR count). The van der Waals surface area contributed by atoms with Crippen LogP contribution in [0.5, 0.6) is 0 Å². The SMILES string of the molecule is CC[C@@H](C)c1ccc2oc(-c3ccc(Cl)c(NC(=O)c4ccc(C)c(C)c4)c3)nc2c1. The molecule has 4 aromatic rings. The number of hydrogen-bond donors (Lipinski definition) is 1. The molecule has 1 N–H and O–H groups in total. The molecule has 5 heteroatoms. The lowest BCUT2D eigenvalue weighted by atomic mass is 9.98. The van der Waals surface area contributed by atoms with Gasteiger partial charge in [0, 0.05) is 11.1 Å². The van der Waals surface area contributed by atoms with E-state index in [1.165, 1.54) is 5.56 Å². The van der Waals surface area contributed by atoms with Gasteiger partial charge in [-0.2, -0.15) is 0 Å². The van der Waals surface area contributed by atoms with Crippen molar-refractivity contribution in [3.8, 4) is 11.5 Å². The van der Waals surface area contributed by atoms with Gasteiger partial charge in [0.25, 0.3) is 5.91 Å². The van der Waals surface area contributed by atoms with Crippen LogP contribution in [0.3, 0.4) is 0 Å². The zero-order chi connectivity index (χ0) is 22.1. The van der Waals surface area contributed by atoms with Crippen molar-refractivity contribution in [2.45, 2.75) is 40.0 Å². The van der Waals surface area contributed by atoms with Crippen molar-refractivity contribution in [3.63, 3.8) is 0 Å². The molecule has 0 aliphatic carbocycles. The first-order valence-electron chi connectivity index (χ1n) is 10.4. The number of oxazole rings is 1. The molecular formula is C26H25ClN2O2. The Labute approximate surface area is 187 Å². The summed E-state index contributed by atoms with van der Waals surface area (Å²) in [7, 11) is 0. The molecule has 0 bridgehead atoms. The van der Waals surface area contributed by atoms with E-state index in [0.717, 1.165) is 34.2 Å². The second kappa shape index (κ2) is 8.56. The first-order valence-corrected chi connectivity index (χ1v) is 10.8. The molecule has 0 aliphatic heterocycles. The van der Waals surface area contributed by atoms with Gasteiger partial charge in [-0.25, -0.2) is 4.98 Å². The lowest BCUT2D eigenvalue weighted by Gasteiger charge is -2.10. The van der Waals surface area contributed by atoms with Gasteiger partial charge >= 0.3 is 0 Å². The number of rotatable bonds is 5. The van der Waals surface area contributed by atoms with Crippen LogP contribution >= 0.6 is 11.6 Å². The van der Waals surface area contributed by atoms with Crippen molar-refractivity contribution < 1.29 is 9.21 Å². The Hall–Kier alpha value is -3.11. The molecule has 158 valence electrons. The van der Waals surface area contributed by atoms with Crippen LogP contribution in [0.15, 0.2) is 59.0 Å². The molecule has 1 atom stereocenters. The normalized spacial score (nSPS) is 12.2. The summed E-state index contributed by atoms with van der Waals surface area (Å²) in [5.74, 6) is 0.750. The fourth-order valence-electron chi connectivity index (χ4n) is 3.44. The second-order valence-corrected chi connectivity index (χ2v) is 8.41. The number of anilines is 1. The Balaban J connectivity index is 1.64. The third-order valence-electron chi connectivity index (χ3n) is 5.82. The molecule has 0 saturated carbocycles. The van der Waals surface area contributed by atoms with E-state index in [0.29, 0.717) is 28.1 Å². The van der Waals surface area contributed by atoms with Gasteiger partial charge in [-0.3, -0.25) is 4.79 Å². The van der Waals surface area contributed by atoms with Crippen LogP contribution in [0, 0.1) is 13.8 Å². The van der Waals surface area contributed by atoms with Gasteiger partial charge in [0.1, 0.15) is 5.52 Å². The fourth-order valence-corrected chi connectivity index (χ4v) is 3.61. The Kier molecular flexibility index (Phi) is 5.84. The van der Waals surface area contributed by atoms with E-state index in [4.69, 9.17) is 16.0 Å². The van der Waals surface area contributed by atoms with Crippen LogP contribution in [0.25, 0.3) is 22.6 Å². The number of halogens is 1. The van der Waals surface area contributed by atoms with Crippen molar-refractivity contribution in [1.29, 1.82) is 0 Å². The maximum Gasteiger partial charge on any atom is 0.255 e. The minimum absolute atomic E-state index is 0.210. The largest absolute Gasteiger partial charge is 0.436 e. The monoisotopic (exact) mass is 432 g/mol. The average molecular weight is 433 g/mol. The van der Waals surface area contributed by atoms with Crippen LogP contribution in [-0.4, -0.2) is 10.9 Å². The van der Waals surface area contributed by atoms with Crippen LogP contribution in [0.1, 0.15) is 53.2 Å². The first kappa shape index (κ1) is 21.1. The summed E-state index contributed by atoms with van der Waals surface area (Å²) >= 11 is 6.36. The van der Waals surface area contributed by atoms with Crippen LogP contribution < -0.4 is 5.32 Å². The lowest BCUT2D eigenvalue weighted by molar-refractivity contribution is 0.102. The van der Waals surface area contributed by atoms with Crippen molar-refractivity contribution in [1.82, 2.24) is 4.98 Å². The molecule has 3 aromatic carbocycles. The van der Waals surface area contributed by atoms with Gasteiger partial charge in [0.2, 0.25) is 5.89 Å². The minimum Gasteiger partial charge on any atom is -0.436 e. The number of nitrogens with one attached hydrogen (secondary N) is 1. The molecule has 31 heavy (non-hydrogen) atoms. The molecular weight excluding hydrogens is 408 g/mol. The standard InChI is InChI=1S/C26H25ClN2O2/c1-5-15(2)18-9-11-24-23(13-18)29-26(31-24)20-8-10-21(27)22(14-20)28-25(30)19-7-6-16(3)17(4)12-19/h6-15H,5H2,1-4H3,(H,28,30)/t15-/m1/s1. The summed E-state index contributed by atoms with van der Waals surface area (Å²) in [5, 5.41) is 3.36. The number of hydrogen-bond acceptors (Lipinski definition) is 3. The Morgan fingerprint density at radius 3 is 2.61 bits per heavy atom. The van der Waals surface area contributed by atoms with Crippen molar-refractivity contribution >= 4 is 34.3 Å². The first-order chi connectivity index (χ1) is 14.9. The number of aryl methyl sites for hydroxylation is 2. The number of amides is 1. The molecule has 0 aliphatic rings. The van der Waals surface area contributed by atoms with Crippen LogP contribution in [-0.2, 0) is 0 Å². The zero-order valence-corrected chi connectivity index (χ0v) is 18.9.